The van der Waals surface area contributed by atoms with Crippen LogP contribution in [0.5, 0.6) is 0 Å². The summed E-state index contributed by atoms with van der Waals surface area (Å²) < 4.78 is 3.94. The Hall–Kier alpha value is -2.54. The molecule has 0 amide bonds. The van der Waals surface area contributed by atoms with Crippen LogP contribution in [-0.2, 0) is 6.42 Å². The molecule has 0 fully saturated rings. The molecule has 0 aliphatic carbocycles. The normalized spacial score (nSPS) is 11.4. The van der Waals surface area contributed by atoms with Gasteiger partial charge in [0.2, 0.25) is 0 Å². The second kappa shape index (κ2) is 11.5. The number of rotatable bonds is 10. The highest BCUT2D eigenvalue weighted by Crippen LogP contribution is 2.29. The van der Waals surface area contributed by atoms with Crippen LogP contribution in [0.4, 0.5) is 11.4 Å². The molecule has 0 heterocycles. The van der Waals surface area contributed by atoms with Gasteiger partial charge in [0.05, 0.1) is 11.3 Å². The molecule has 2 aromatic carbocycles. The molecule has 2 rings (SSSR count). The zero-order valence-electron chi connectivity index (χ0n) is 16.9. The maximum Gasteiger partial charge on any atom is 0.299 e. The largest absolute Gasteiger partial charge is 0.399 e. The summed E-state index contributed by atoms with van der Waals surface area (Å²) in [6, 6.07) is 12.5. The minimum absolute atomic E-state index is 0.107. The fourth-order valence-corrected chi connectivity index (χ4v) is 4.12. The second-order valence-electron chi connectivity index (χ2n) is 6.49. The van der Waals surface area contributed by atoms with Crippen LogP contribution in [0.25, 0.3) is 0 Å². The lowest BCUT2D eigenvalue weighted by Gasteiger charge is -2.22. The Morgan fingerprint density at radius 2 is 1.90 bits per heavy atom. The van der Waals surface area contributed by atoms with E-state index in [2.05, 4.69) is 52.4 Å². The number of anilines is 2. The van der Waals surface area contributed by atoms with Crippen molar-refractivity contribution in [3.05, 3.63) is 47.5 Å². The van der Waals surface area contributed by atoms with Crippen molar-refractivity contribution in [2.45, 2.75) is 28.7 Å². The van der Waals surface area contributed by atoms with Crippen LogP contribution in [0.15, 0.2) is 51.2 Å². The molecule has 0 aromatic heterocycles. The van der Waals surface area contributed by atoms with Gasteiger partial charge in [-0.15, -0.1) is 28.2 Å². The van der Waals surface area contributed by atoms with Gasteiger partial charge in [-0.1, -0.05) is 6.07 Å². The lowest BCUT2D eigenvalue weighted by Crippen LogP contribution is -2.26. The summed E-state index contributed by atoms with van der Waals surface area (Å²) in [6.45, 7) is 4.13. The third-order valence-corrected chi connectivity index (χ3v) is 5.97. The van der Waals surface area contributed by atoms with Gasteiger partial charge in [0.25, 0.3) is 12.9 Å². The van der Waals surface area contributed by atoms with Crippen molar-refractivity contribution in [2.24, 2.45) is 16.5 Å². The van der Waals surface area contributed by atoms with Gasteiger partial charge in [-0.3, -0.25) is 4.99 Å². The van der Waals surface area contributed by atoms with Crippen LogP contribution in [0.3, 0.4) is 0 Å². The highest BCUT2D eigenvalue weighted by molar-refractivity contribution is 7.99. The van der Waals surface area contributed by atoms with Gasteiger partial charge >= 0.3 is 0 Å². The standard InChI is InChI=1S/C21H29N6S2/c1-25-13-15-10-14(4-6-19(15)28-2)11-17(8-9-26-21(23)24)27-18-12-16(22)5-7-20(18)29-3/h4-7,10,12-13,17,27H,1,8-9,11,22H2,2-3H3,(H4,23,24,26)/q+1. The van der Waals surface area contributed by atoms with E-state index in [1.165, 1.54) is 10.5 Å². The fraction of sp³-hybridized carbons (Fsp3) is 0.286. The monoisotopic (exact) mass is 429 g/mol. The summed E-state index contributed by atoms with van der Waals surface area (Å²) in [5, 5.41) is 3.64. The van der Waals surface area contributed by atoms with Crippen molar-refractivity contribution in [3.8, 4) is 0 Å². The average Bonchev–Trinajstić information content (AvgIpc) is 2.68. The van der Waals surface area contributed by atoms with Gasteiger partial charge in [0, 0.05) is 28.1 Å². The first-order valence-electron chi connectivity index (χ1n) is 9.18. The van der Waals surface area contributed by atoms with Crippen molar-refractivity contribution >= 4 is 53.8 Å². The maximum atomic E-state index is 6.01. The van der Waals surface area contributed by atoms with E-state index < -0.39 is 0 Å². The molecule has 0 spiro atoms. The zero-order valence-corrected chi connectivity index (χ0v) is 18.5. The van der Waals surface area contributed by atoms with Crippen molar-refractivity contribution in [2.75, 3.05) is 30.1 Å². The van der Waals surface area contributed by atoms with E-state index in [0.29, 0.717) is 6.54 Å². The summed E-state index contributed by atoms with van der Waals surface area (Å²) in [4.78, 5) is 6.47. The topological polar surface area (TPSA) is 117 Å². The van der Waals surface area contributed by atoms with Gasteiger partial charge in [0.1, 0.15) is 0 Å². The van der Waals surface area contributed by atoms with E-state index in [-0.39, 0.29) is 12.0 Å². The van der Waals surface area contributed by atoms with Gasteiger partial charge in [0.15, 0.2) is 5.96 Å². The summed E-state index contributed by atoms with van der Waals surface area (Å²) in [6.07, 6.45) is 7.50. The predicted octanol–water partition coefficient (Wildman–Crippen LogP) is 2.59. The van der Waals surface area contributed by atoms with Crippen LogP contribution in [0, 0.1) is 0 Å². The molecule has 29 heavy (non-hydrogen) atoms. The highest BCUT2D eigenvalue weighted by Gasteiger charge is 2.14. The van der Waals surface area contributed by atoms with Crippen LogP contribution in [0.2, 0.25) is 0 Å². The summed E-state index contributed by atoms with van der Waals surface area (Å²) in [5.41, 5.74) is 21.0. The molecule has 0 radical (unpaired) electrons. The van der Waals surface area contributed by atoms with Crippen LogP contribution < -0.4 is 27.2 Å². The molecule has 154 valence electrons. The van der Waals surface area contributed by atoms with Crippen molar-refractivity contribution in [3.63, 3.8) is 0 Å². The Morgan fingerprint density at radius 3 is 2.55 bits per heavy atom. The molecule has 7 N–H and O–H groups in total. The molecular weight excluding hydrogens is 400 g/mol. The number of nitrogen functional groups attached to an aromatic ring is 1. The zero-order chi connectivity index (χ0) is 21.2. The minimum Gasteiger partial charge on any atom is -0.399 e. The van der Waals surface area contributed by atoms with E-state index in [4.69, 9.17) is 17.2 Å². The molecule has 1 unspecified atom stereocenters. The maximum absolute atomic E-state index is 6.01. The number of nitrogens with two attached hydrogens (primary N) is 3. The number of aliphatic imine (C=N–C) groups is 1. The minimum atomic E-state index is 0.107. The smallest absolute Gasteiger partial charge is 0.299 e. The summed E-state index contributed by atoms with van der Waals surface area (Å²) >= 11 is 3.37. The first kappa shape index (κ1) is 22.7. The molecule has 0 saturated carbocycles. The van der Waals surface area contributed by atoms with Crippen LogP contribution in [0.1, 0.15) is 17.5 Å². The predicted molar refractivity (Wildman–Crippen MR) is 132 cm³/mol. The number of guanidine groups is 1. The molecule has 1 atom stereocenters. The first-order chi connectivity index (χ1) is 14.0. The number of nitrogens with one attached hydrogen (secondary N) is 1. The number of benzene rings is 2. The number of nitrogens with zero attached hydrogens (tertiary/aromatic N) is 2. The fourth-order valence-electron chi connectivity index (χ4n) is 3.03. The lowest BCUT2D eigenvalue weighted by atomic mass is 10.0. The van der Waals surface area contributed by atoms with E-state index in [0.717, 1.165) is 34.7 Å². The molecule has 0 saturated heterocycles. The Labute approximate surface area is 181 Å². The van der Waals surface area contributed by atoms with Crippen molar-refractivity contribution in [1.29, 1.82) is 0 Å². The Bertz CT molecular complexity index is 902. The van der Waals surface area contributed by atoms with Crippen molar-refractivity contribution < 1.29 is 0 Å². The van der Waals surface area contributed by atoms with E-state index in [9.17, 15) is 0 Å². The lowest BCUT2D eigenvalue weighted by molar-refractivity contribution is 0.656. The van der Waals surface area contributed by atoms with E-state index in [1.807, 2.05) is 18.2 Å². The average molecular weight is 430 g/mol. The first-order valence-corrected chi connectivity index (χ1v) is 11.6. The quantitative estimate of drug-likeness (QED) is 0.152. The highest BCUT2D eigenvalue weighted by atomic mass is 32.2. The third kappa shape index (κ3) is 7.09. The van der Waals surface area contributed by atoms with E-state index >= 15 is 0 Å². The molecule has 0 aliphatic rings. The van der Waals surface area contributed by atoms with Gasteiger partial charge < -0.3 is 22.5 Å². The molecule has 0 aliphatic heterocycles. The number of hydrogen-bond acceptors (Lipinski definition) is 5. The molecule has 2 aromatic rings. The molecule has 8 heteroatoms. The van der Waals surface area contributed by atoms with Crippen LogP contribution >= 0.6 is 23.5 Å². The van der Waals surface area contributed by atoms with Gasteiger partial charge in [-0.05, 0) is 61.2 Å². The Morgan fingerprint density at radius 1 is 1.17 bits per heavy atom. The second-order valence-corrected chi connectivity index (χ2v) is 8.18. The summed E-state index contributed by atoms with van der Waals surface area (Å²) in [5.74, 6) is 0.107. The van der Waals surface area contributed by atoms with Crippen molar-refractivity contribution in [1.82, 2.24) is 4.67 Å². The number of thioether (sulfide) groups is 2. The molecule has 6 nitrogen and oxygen atoms in total. The van der Waals surface area contributed by atoms with Crippen LogP contribution in [-0.4, -0.2) is 44.0 Å². The van der Waals surface area contributed by atoms with E-state index in [1.54, 1.807) is 29.7 Å². The Kier molecular flexibility index (Phi) is 8.99. The van der Waals surface area contributed by atoms with Gasteiger partial charge in [-0.2, -0.15) is 0 Å². The summed E-state index contributed by atoms with van der Waals surface area (Å²) in [7, 11) is 0. The SMILES string of the molecule is C=[N+]=Cc1cc(CC(CCN=C(N)N)Nc2cc(N)ccc2SC)ccc1SC. The number of hydrogen-bond donors (Lipinski definition) is 4. The molecule has 0 bridgehead atoms. The molecular formula is C21H29N6S2+. The third-order valence-electron chi connectivity index (χ3n) is 4.36. The van der Waals surface area contributed by atoms with Gasteiger partial charge in [-0.25, -0.2) is 0 Å². The Balaban J connectivity index is 2.29.